The molecule has 3 atom stereocenters. The Kier molecular flexibility index (Phi) is 41.9. The maximum Gasteiger partial charge on any atom is 0.472 e. The number of ether oxygens (including phenoxy) is 2. The van der Waals surface area contributed by atoms with E-state index in [4.69, 9.17) is 18.5 Å². The first-order chi connectivity index (χ1) is 30.3. The van der Waals surface area contributed by atoms with Crippen LogP contribution >= 0.6 is 7.82 Å². The van der Waals surface area contributed by atoms with Gasteiger partial charge in [-0.2, -0.15) is 0 Å². The molecule has 0 aromatic rings. The quantitative estimate of drug-likeness (QED) is 0.0202. The van der Waals surface area contributed by atoms with Crippen LogP contribution in [-0.2, 0) is 32.7 Å². The molecule has 0 amide bonds. The van der Waals surface area contributed by atoms with Crippen molar-refractivity contribution >= 4 is 19.8 Å². The van der Waals surface area contributed by atoms with E-state index in [1.165, 1.54) is 103 Å². The molecule has 63 heavy (non-hydrogen) atoms. The van der Waals surface area contributed by atoms with Crippen molar-refractivity contribution in [1.29, 1.82) is 0 Å². The normalized spacial score (nSPS) is 14.5. The molecule has 1 unspecified atom stereocenters. The first-order valence-corrected chi connectivity index (χ1v) is 26.5. The van der Waals surface area contributed by atoms with E-state index < -0.39 is 26.5 Å². The van der Waals surface area contributed by atoms with Crippen LogP contribution in [0, 0.1) is 0 Å². The number of carbonyl (C=O) groups excluding carboxylic acids is 2. The number of quaternary nitrogens is 1. The van der Waals surface area contributed by atoms with Gasteiger partial charge in [-0.1, -0.05) is 158 Å². The summed E-state index contributed by atoms with van der Waals surface area (Å²) in [4.78, 5) is 35.5. The van der Waals surface area contributed by atoms with Crippen molar-refractivity contribution in [3.05, 3.63) is 60.8 Å². The smallest absolute Gasteiger partial charge is 0.462 e. The van der Waals surface area contributed by atoms with E-state index in [9.17, 15) is 24.2 Å². The highest BCUT2D eigenvalue weighted by atomic mass is 31.2. The molecule has 0 aliphatic heterocycles. The van der Waals surface area contributed by atoms with Crippen LogP contribution in [0.15, 0.2) is 60.8 Å². The summed E-state index contributed by atoms with van der Waals surface area (Å²) in [5.74, 6) is -0.881. The van der Waals surface area contributed by atoms with Crippen LogP contribution < -0.4 is 0 Å². The SMILES string of the molecule is CCCCCCCC/C=C\CCCCCCCCCCCCCC(=O)OC[C@H](COP(=O)(O)OCC[N+](C)(C)C)OC(=O)CCC/C=C\C/C=C\C/C=C\C/C=C\CCC[C@H](C)O. The molecule has 0 heterocycles. The van der Waals surface area contributed by atoms with E-state index >= 15 is 0 Å². The summed E-state index contributed by atoms with van der Waals surface area (Å²) in [5, 5.41) is 9.29. The molecule has 366 valence electrons. The number of phosphoric acid groups is 1. The Hall–Kier alpha value is -2.33. The van der Waals surface area contributed by atoms with Gasteiger partial charge in [-0.15, -0.1) is 0 Å². The van der Waals surface area contributed by atoms with Gasteiger partial charge in [0, 0.05) is 12.8 Å². The van der Waals surface area contributed by atoms with Gasteiger partial charge in [0.05, 0.1) is 33.9 Å². The molecule has 2 N–H and O–H groups in total. The Morgan fingerprint density at radius 2 is 0.984 bits per heavy atom. The number of esters is 2. The highest BCUT2D eigenvalue weighted by Crippen LogP contribution is 2.43. The lowest BCUT2D eigenvalue weighted by Crippen LogP contribution is -2.37. The third-order valence-electron chi connectivity index (χ3n) is 10.5. The number of allylic oxidation sites excluding steroid dienone is 10. The van der Waals surface area contributed by atoms with Gasteiger partial charge in [0.25, 0.3) is 0 Å². The van der Waals surface area contributed by atoms with Crippen molar-refractivity contribution in [2.24, 2.45) is 0 Å². The molecule has 0 saturated carbocycles. The zero-order chi connectivity index (χ0) is 46.5. The molecule has 0 aliphatic rings. The van der Waals surface area contributed by atoms with E-state index in [1.807, 2.05) is 34.1 Å². The summed E-state index contributed by atoms with van der Waals surface area (Å²) in [5.41, 5.74) is 0. The fraction of sp³-hybridized carbons (Fsp3) is 0.769. The second-order valence-electron chi connectivity index (χ2n) is 18.1. The van der Waals surface area contributed by atoms with Gasteiger partial charge in [0.15, 0.2) is 6.10 Å². The van der Waals surface area contributed by atoms with Crippen LogP contribution in [0.25, 0.3) is 0 Å². The Balaban J connectivity index is 4.34. The molecular formula is C52H95NO9P+. The number of unbranched alkanes of at least 4 members (excludes halogenated alkanes) is 19. The summed E-state index contributed by atoms with van der Waals surface area (Å²) in [6, 6.07) is 0. The Bertz CT molecular complexity index is 1270. The van der Waals surface area contributed by atoms with Gasteiger partial charge in [-0.05, 0) is 90.4 Å². The molecule has 0 aromatic heterocycles. The van der Waals surface area contributed by atoms with Gasteiger partial charge in [0.1, 0.15) is 19.8 Å². The first kappa shape index (κ1) is 60.7. The largest absolute Gasteiger partial charge is 0.472 e. The fourth-order valence-electron chi connectivity index (χ4n) is 6.61. The third kappa shape index (κ3) is 49.0. The number of phosphoric ester groups is 1. The van der Waals surface area contributed by atoms with E-state index in [2.05, 4.69) is 61.6 Å². The predicted molar refractivity (Wildman–Crippen MR) is 262 cm³/mol. The molecule has 0 spiro atoms. The van der Waals surface area contributed by atoms with Crippen LogP contribution in [-0.4, -0.2) is 86.1 Å². The number of hydrogen-bond donors (Lipinski definition) is 2. The average molecular weight is 909 g/mol. The lowest BCUT2D eigenvalue weighted by atomic mass is 10.0. The molecule has 0 bridgehead atoms. The summed E-state index contributed by atoms with van der Waals surface area (Å²) >= 11 is 0. The third-order valence-corrected chi connectivity index (χ3v) is 11.5. The second-order valence-corrected chi connectivity index (χ2v) is 19.6. The molecule has 0 saturated heterocycles. The van der Waals surface area contributed by atoms with Gasteiger partial charge in [-0.25, -0.2) is 4.57 Å². The molecule has 11 heteroatoms. The van der Waals surface area contributed by atoms with Crippen LogP contribution in [0.3, 0.4) is 0 Å². The highest BCUT2D eigenvalue weighted by Gasteiger charge is 2.27. The van der Waals surface area contributed by atoms with Gasteiger partial charge in [-0.3, -0.25) is 18.6 Å². The lowest BCUT2D eigenvalue weighted by Gasteiger charge is -2.24. The minimum atomic E-state index is -4.40. The molecular weight excluding hydrogens is 814 g/mol. The average Bonchev–Trinajstić information content (AvgIpc) is 3.22. The number of nitrogens with zero attached hydrogens (tertiary/aromatic N) is 1. The zero-order valence-electron chi connectivity index (χ0n) is 40.9. The first-order valence-electron chi connectivity index (χ1n) is 25.0. The van der Waals surface area contributed by atoms with Gasteiger partial charge < -0.3 is 24.0 Å². The van der Waals surface area contributed by atoms with Crippen molar-refractivity contribution in [3.8, 4) is 0 Å². The minimum absolute atomic E-state index is 0.0138. The monoisotopic (exact) mass is 909 g/mol. The highest BCUT2D eigenvalue weighted by molar-refractivity contribution is 7.47. The maximum absolute atomic E-state index is 12.7. The second kappa shape index (κ2) is 43.6. The summed E-state index contributed by atoms with van der Waals surface area (Å²) < 4.78 is 34.3. The molecule has 0 fully saturated rings. The zero-order valence-corrected chi connectivity index (χ0v) is 41.8. The maximum atomic E-state index is 12.7. The van der Waals surface area contributed by atoms with E-state index in [0.717, 1.165) is 57.8 Å². The molecule has 0 radical (unpaired) electrons. The number of aliphatic hydroxyl groups excluding tert-OH is 1. The van der Waals surface area contributed by atoms with Crippen LogP contribution in [0.5, 0.6) is 0 Å². The number of likely N-dealkylation sites (N-methyl/N-ethyl adjacent to an activating group) is 1. The van der Waals surface area contributed by atoms with Crippen molar-refractivity contribution < 1.29 is 47.2 Å². The Morgan fingerprint density at radius 3 is 1.49 bits per heavy atom. The number of aliphatic hydroxyl groups is 1. The summed E-state index contributed by atoms with van der Waals surface area (Å²) in [6.45, 7) is 3.90. The van der Waals surface area contributed by atoms with Crippen molar-refractivity contribution in [3.63, 3.8) is 0 Å². The van der Waals surface area contributed by atoms with Gasteiger partial charge >= 0.3 is 19.8 Å². The topological polar surface area (TPSA) is 129 Å². The van der Waals surface area contributed by atoms with Crippen LogP contribution in [0.1, 0.15) is 200 Å². The fourth-order valence-corrected chi connectivity index (χ4v) is 7.35. The standard InChI is InChI=1S/C52H94NO9P/c1-6-7-8-9-10-11-12-13-14-15-16-17-18-19-22-25-28-31-34-37-40-43-51(55)59-47-50(48-61-63(57,58)60-46-45-53(3,4)5)62-52(56)44-41-38-35-32-29-26-23-20-21-24-27-30-33-36-39-42-49(2)54/h13-14,21,23-24,26,30,32-33,35,49-50,54H,6-12,15-20,22,25,27-29,31,34,36-48H2,1-5H3/p+1/b14-13-,24-21-,26-23-,33-30-,35-32-/t49-,50+/m0/s1. The number of carbonyl (C=O) groups is 2. The molecule has 0 aromatic carbocycles. The number of rotatable bonds is 45. The van der Waals surface area contributed by atoms with Gasteiger partial charge in [0.2, 0.25) is 0 Å². The van der Waals surface area contributed by atoms with Crippen LogP contribution in [0.2, 0.25) is 0 Å². The molecule has 0 aliphatic carbocycles. The van der Waals surface area contributed by atoms with E-state index in [1.54, 1.807) is 0 Å². The molecule has 10 nitrogen and oxygen atoms in total. The summed E-state index contributed by atoms with van der Waals surface area (Å²) in [7, 11) is 1.42. The summed E-state index contributed by atoms with van der Waals surface area (Å²) in [6.07, 6.45) is 51.3. The minimum Gasteiger partial charge on any atom is -0.462 e. The van der Waals surface area contributed by atoms with Crippen LogP contribution in [0.4, 0.5) is 0 Å². The van der Waals surface area contributed by atoms with Crippen molar-refractivity contribution in [1.82, 2.24) is 0 Å². The molecule has 0 rings (SSSR count). The lowest BCUT2D eigenvalue weighted by molar-refractivity contribution is -0.870. The number of hydrogen-bond acceptors (Lipinski definition) is 8. The Labute approximate surface area is 386 Å². The van der Waals surface area contributed by atoms with Crippen molar-refractivity contribution in [2.75, 3.05) is 47.5 Å². The Morgan fingerprint density at radius 1 is 0.556 bits per heavy atom. The van der Waals surface area contributed by atoms with E-state index in [-0.39, 0.29) is 38.1 Å². The predicted octanol–water partition coefficient (Wildman–Crippen LogP) is 13.8. The van der Waals surface area contributed by atoms with E-state index in [0.29, 0.717) is 23.9 Å². The van der Waals surface area contributed by atoms with Crippen molar-refractivity contribution in [2.45, 2.75) is 212 Å².